The first-order chi connectivity index (χ1) is 39.3. The predicted octanol–water partition coefficient (Wildman–Crippen LogP) is -16.5. The molecule has 8 aliphatic rings. The molecule has 8 saturated heterocycles. The van der Waals surface area contributed by atoms with Crippen LogP contribution in [0.2, 0.25) is 0 Å². The van der Waals surface area contributed by atoms with Gasteiger partial charge in [-0.2, -0.15) is 0 Å². The molecule has 0 saturated carbocycles. The first-order valence-corrected chi connectivity index (χ1v) is 26.4. The molecule has 0 radical (unpaired) electrons. The molecule has 38 heteroatoms. The highest BCUT2D eigenvalue weighted by Gasteiger charge is 2.58. The van der Waals surface area contributed by atoms with Crippen molar-refractivity contribution in [2.75, 3.05) is 52.9 Å². The van der Waals surface area contributed by atoms with Gasteiger partial charge in [-0.3, -0.25) is 0 Å². The van der Waals surface area contributed by atoms with Gasteiger partial charge in [-0.25, -0.2) is 0 Å². The summed E-state index contributed by atoms with van der Waals surface area (Å²) in [6.45, 7) is -6.37. The van der Waals surface area contributed by atoms with Crippen LogP contribution in [0.5, 0.6) is 0 Å². The summed E-state index contributed by atoms with van der Waals surface area (Å²) in [5, 5.41) is 246. The number of ether oxygens (including phenoxy) is 15. The average molecular weight is 1230 g/mol. The Labute approximate surface area is 468 Å². The summed E-state index contributed by atoms with van der Waals surface area (Å²) in [7, 11) is 0. The molecule has 0 aromatic carbocycles. The van der Waals surface area contributed by atoms with Crippen LogP contribution in [0.4, 0.5) is 0 Å². The van der Waals surface area contributed by atoms with E-state index in [-0.39, 0.29) is 0 Å². The van der Waals surface area contributed by atoms with Gasteiger partial charge in [-0.1, -0.05) is 0 Å². The van der Waals surface area contributed by atoms with Crippen molar-refractivity contribution in [3.05, 3.63) is 0 Å². The minimum absolute atomic E-state index is 0.566. The molecule has 8 aliphatic heterocycles. The Morgan fingerprint density at radius 2 is 0.518 bits per heavy atom. The Hall–Kier alpha value is -1.52. The monoisotopic (exact) mass is 1220 g/mol. The van der Waals surface area contributed by atoms with E-state index >= 15 is 0 Å². The molecule has 484 valence electrons. The molecule has 0 bridgehead atoms. The van der Waals surface area contributed by atoms with Crippen LogP contribution in [-0.4, -0.2) is 398 Å². The van der Waals surface area contributed by atoms with E-state index in [0.29, 0.717) is 0 Å². The van der Waals surface area contributed by atoms with E-state index in [1.165, 1.54) is 0 Å². The third-order valence-corrected chi connectivity index (χ3v) is 15.4. The molecule has 23 N–H and O–H groups in total. The topological polar surface area (TPSA) is 604 Å². The van der Waals surface area contributed by atoms with Crippen LogP contribution in [-0.2, 0) is 71.1 Å². The highest BCUT2D eigenvalue weighted by atomic mass is 16.8. The summed E-state index contributed by atoms with van der Waals surface area (Å²) in [6.07, 6.45) is -72.5. The summed E-state index contributed by atoms with van der Waals surface area (Å²) in [4.78, 5) is 0. The molecule has 38 nitrogen and oxygen atoms in total. The number of hydrogen-bond acceptors (Lipinski definition) is 38. The third kappa shape index (κ3) is 14.6. The second-order valence-corrected chi connectivity index (χ2v) is 21.2. The van der Waals surface area contributed by atoms with Crippen LogP contribution < -0.4 is 0 Å². The number of rotatable bonds is 19. The number of aliphatic hydroxyl groups is 23. The van der Waals surface area contributed by atoms with Gasteiger partial charge in [0.2, 0.25) is 0 Å². The Bertz CT molecular complexity index is 1970. The minimum Gasteiger partial charge on any atom is -0.394 e. The Morgan fingerprint density at radius 1 is 0.253 bits per heavy atom. The van der Waals surface area contributed by atoms with Crippen molar-refractivity contribution in [1.29, 1.82) is 0 Å². The SMILES string of the molecule is OC[C@H]1O[C@@H](O[C@H]2[C@H](O)[C@@H](O)[C@H](O[C@H]3[C@H](O)[C@@H](O)[C@H](O[C@H]4[C@H](O)[C@@H](O)[C@H](O[C@H]5[C@H](O)[C@@H](O)C(O)O[C@@H]5CO)O[C@@H]4CO[C@H]4OC[C@@H](O)[C@H](O)[C@H]4O)O[C@@H]3CO[C@H]3OC[C@@H](O)[C@H](O)[C@H]3O)O[C@@H]2CO[C@H]2OC[C@@H](O)[C@H](O)[C@H]2O)[C@H](O)[C@@H](O)[C@@H]1O. The summed E-state index contributed by atoms with van der Waals surface area (Å²) < 4.78 is 84.8. The van der Waals surface area contributed by atoms with Gasteiger partial charge in [0.05, 0.1) is 52.9 Å². The lowest BCUT2D eigenvalue weighted by atomic mass is 9.95. The molecule has 0 amide bonds. The second-order valence-electron chi connectivity index (χ2n) is 21.2. The maximum absolute atomic E-state index is 12.0. The molecular weight excluding hydrogens is 1150 g/mol. The zero-order valence-corrected chi connectivity index (χ0v) is 43.4. The summed E-state index contributed by atoms with van der Waals surface area (Å²) in [5.74, 6) is 0. The molecule has 37 atom stereocenters. The quantitative estimate of drug-likeness (QED) is 0.0571. The summed E-state index contributed by atoms with van der Waals surface area (Å²) in [5.41, 5.74) is 0. The van der Waals surface area contributed by atoms with E-state index in [4.69, 9.17) is 71.1 Å². The van der Waals surface area contributed by atoms with Gasteiger partial charge in [0.15, 0.2) is 50.3 Å². The number of hydrogen-bond donors (Lipinski definition) is 23. The van der Waals surface area contributed by atoms with Gasteiger partial charge in [0.1, 0.15) is 177 Å². The summed E-state index contributed by atoms with van der Waals surface area (Å²) in [6, 6.07) is 0. The molecule has 0 spiro atoms. The van der Waals surface area contributed by atoms with Crippen molar-refractivity contribution < 1.29 is 189 Å². The van der Waals surface area contributed by atoms with E-state index in [0.717, 1.165) is 0 Å². The fraction of sp³-hybridized carbons (Fsp3) is 1.00. The van der Waals surface area contributed by atoms with Gasteiger partial charge < -0.3 is 189 Å². The van der Waals surface area contributed by atoms with Crippen molar-refractivity contribution in [3.8, 4) is 0 Å². The zero-order chi connectivity index (χ0) is 60.6. The van der Waals surface area contributed by atoms with Crippen LogP contribution in [0.3, 0.4) is 0 Å². The lowest BCUT2D eigenvalue weighted by molar-refractivity contribution is -0.398. The maximum atomic E-state index is 12.0. The highest BCUT2D eigenvalue weighted by Crippen LogP contribution is 2.37. The van der Waals surface area contributed by atoms with Crippen molar-refractivity contribution in [3.63, 3.8) is 0 Å². The van der Waals surface area contributed by atoms with Gasteiger partial charge in [-0.15, -0.1) is 0 Å². The molecule has 8 heterocycles. The van der Waals surface area contributed by atoms with Crippen molar-refractivity contribution in [2.24, 2.45) is 0 Å². The third-order valence-electron chi connectivity index (χ3n) is 15.4. The van der Waals surface area contributed by atoms with Crippen molar-refractivity contribution in [2.45, 2.75) is 227 Å². The Morgan fingerprint density at radius 3 is 0.831 bits per heavy atom. The standard InChI is InChI=1S/C45H76O38/c46-1-12-20(54)21(55)30(64)42(76-12)81-35-14(6-72-39-27(61)17(51)9(48)3-69-39)78-44(32(66)24(35)58)83-37-16(8-74-41-29(63)19(53)11(50)5-71-41)79-45(33(67)25(37)59)82-36-15(7-73-40-28(62)18(52)10(49)4-70-40)77-43(31(65)23(36)57)80-34-13(2-47)75-38(68)26(60)22(34)56/h9-68H,1-8H2/t9-,10-,11-,12-,13-,14-,15-,16-,17+,18+,19+,20-,21+,22-,23-,24-,25-,26-,27-,28-,29-,30-,31-,32-,33-,34-,35-,36-,37-,38?,39-,40-,41-,42+,43+,44+,45+/m1/s1. The first-order valence-electron chi connectivity index (χ1n) is 26.4. The lowest BCUT2D eigenvalue weighted by Gasteiger charge is -2.50. The Balaban J connectivity index is 1.06. The van der Waals surface area contributed by atoms with Gasteiger partial charge in [0.25, 0.3) is 0 Å². The van der Waals surface area contributed by atoms with Crippen LogP contribution in [0.25, 0.3) is 0 Å². The van der Waals surface area contributed by atoms with Crippen LogP contribution in [0, 0.1) is 0 Å². The van der Waals surface area contributed by atoms with Gasteiger partial charge in [0, 0.05) is 0 Å². The second kappa shape index (κ2) is 29.0. The van der Waals surface area contributed by atoms with E-state index in [2.05, 4.69) is 0 Å². The van der Waals surface area contributed by atoms with Crippen LogP contribution in [0.15, 0.2) is 0 Å². The first kappa shape index (κ1) is 67.4. The predicted molar refractivity (Wildman–Crippen MR) is 246 cm³/mol. The molecule has 8 fully saturated rings. The molecule has 0 aromatic rings. The Kier molecular flexibility index (Phi) is 23.5. The fourth-order valence-electron chi connectivity index (χ4n) is 10.3. The largest absolute Gasteiger partial charge is 0.394 e. The minimum atomic E-state index is -2.39. The van der Waals surface area contributed by atoms with E-state index in [1.54, 1.807) is 0 Å². The van der Waals surface area contributed by atoms with E-state index in [9.17, 15) is 117 Å². The average Bonchev–Trinajstić information content (AvgIpc) is 3.50. The van der Waals surface area contributed by atoms with Crippen molar-refractivity contribution in [1.82, 2.24) is 0 Å². The molecular formula is C45H76O38. The normalized spacial score (nSPS) is 53.9. The smallest absolute Gasteiger partial charge is 0.187 e. The molecule has 0 aromatic heterocycles. The molecule has 0 aliphatic carbocycles. The van der Waals surface area contributed by atoms with E-state index < -0.39 is 280 Å². The lowest BCUT2D eigenvalue weighted by Crippen LogP contribution is -2.68. The van der Waals surface area contributed by atoms with Crippen LogP contribution in [0.1, 0.15) is 0 Å². The zero-order valence-electron chi connectivity index (χ0n) is 43.4. The molecule has 83 heavy (non-hydrogen) atoms. The summed E-state index contributed by atoms with van der Waals surface area (Å²) >= 11 is 0. The van der Waals surface area contributed by atoms with E-state index in [1.807, 2.05) is 0 Å². The van der Waals surface area contributed by atoms with Crippen molar-refractivity contribution >= 4 is 0 Å². The fourth-order valence-corrected chi connectivity index (χ4v) is 10.3. The highest BCUT2D eigenvalue weighted by molar-refractivity contribution is 5.00. The molecule has 1 unspecified atom stereocenters. The van der Waals surface area contributed by atoms with Crippen LogP contribution >= 0.6 is 0 Å². The van der Waals surface area contributed by atoms with Gasteiger partial charge >= 0.3 is 0 Å². The molecule has 8 rings (SSSR count). The maximum Gasteiger partial charge on any atom is 0.187 e. The number of aliphatic hydroxyl groups excluding tert-OH is 23. The van der Waals surface area contributed by atoms with Gasteiger partial charge in [-0.05, 0) is 0 Å².